The summed E-state index contributed by atoms with van der Waals surface area (Å²) in [5.41, 5.74) is 2.17. The van der Waals surface area contributed by atoms with E-state index in [9.17, 15) is 19.6 Å². The van der Waals surface area contributed by atoms with Crippen molar-refractivity contribution in [3.05, 3.63) is 57.6 Å². The van der Waals surface area contributed by atoms with Gasteiger partial charge in [-0.2, -0.15) is 5.26 Å². The lowest BCUT2D eigenvalue weighted by Crippen LogP contribution is -2.28. The molecule has 8 heteroatoms. The standard InChI is InChI=1S/C23H23N3O4S/c1-15(27)25-19(12-16-8-4-2-5-9-16)23(29)30-14-21(28)26-22-18(13-24)17-10-6-3-7-11-20(17)31-22/h2,4-5,8-9,12H,3,6-7,10-11,14H2,1H3,(H,25,27)(H,26,28). The second-order valence-electron chi connectivity index (χ2n) is 7.15. The zero-order valence-corrected chi connectivity index (χ0v) is 18.0. The Morgan fingerprint density at radius 2 is 1.90 bits per heavy atom. The first-order chi connectivity index (χ1) is 15.0. The van der Waals surface area contributed by atoms with Crippen LogP contribution in [0.25, 0.3) is 6.08 Å². The number of fused-ring (bicyclic) bond motifs is 1. The summed E-state index contributed by atoms with van der Waals surface area (Å²) < 4.78 is 5.09. The maximum atomic E-state index is 12.4. The predicted octanol–water partition coefficient (Wildman–Crippen LogP) is 3.55. The molecule has 0 bridgehead atoms. The van der Waals surface area contributed by atoms with Gasteiger partial charge >= 0.3 is 5.97 Å². The van der Waals surface area contributed by atoms with Crippen molar-refractivity contribution in [3.8, 4) is 6.07 Å². The minimum atomic E-state index is -0.823. The zero-order chi connectivity index (χ0) is 22.2. The monoisotopic (exact) mass is 437 g/mol. The number of nitriles is 1. The highest BCUT2D eigenvalue weighted by Gasteiger charge is 2.22. The summed E-state index contributed by atoms with van der Waals surface area (Å²) in [5, 5.41) is 15.2. The summed E-state index contributed by atoms with van der Waals surface area (Å²) in [6, 6.07) is 11.2. The molecule has 0 spiro atoms. The number of nitrogens with one attached hydrogen (secondary N) is 2. The van der Waals surface area contributed by atoms with Crippen LogP contribution in [0.1, 0.15) is 47.8 Å². The number of hydrogen-bond acceptors (Lipinski definition) is 6. The molecule has 0 atom stereocenters. The van der Waals surface area contributed by atoms with Crippen LogP contribution >= 0.6 is 11.3 Å². The number of carbonyl (C=O) groups is 3. The van der Waals surface area contributed by atoms with E-state index in [0.717, 1.165) is 42.5 Å². The highest BCUT2D eigenvalue weighted by atomic mass is 32.1. The highest BCUT2D eigenvalue weighted by Crippen LogP contribution is 2.36. The van der Waals surface area contributed by atoms with Crippen LogP contribution < -0.4 is 10.6 Å². The van der Waals surface area contributed by atoms with Crippen LogP contribution in [0, 0.1) is 11.3 Å². The van der Waals surface area contributed by atoms with Gasteiger partial charge in [-0.1, -0.05) is 36.8 Å². The second-order valence-corrected chi connectivity index (χ2v) is 8.26. The molecule has 1 heterocycles. The smallest absolute Gasteiger partial charge is 0.355 e. The number of rotatable bonds is 6. The molecule has 160 valence electrons. The summed E-state index contributed by atoms with van der Waals surface area (Å²) in [6.45, 7) is 0.751. The molecule has 1 aromatic heterocycles. The quantitative estimate of drug-likeness (QED) is 0.408. The number of aryl methyl sites for hydroxylation is 1. The van der Waals surface area contributed by atoms with Crippen molar-refractivity contribution in [2.24, 2.45) is 0 Å². The van der Waals surface area contributed by atoms with Gasteiger partial charge in [0.05, 0.1) is 5.56 Å². The van der Waals surface area contributed by atoms with Crippen molar-refractivity contribution in [3.63, 3.8) is 0 Å². The van der Waals surface area contributed by atoms with Crippen LogP contribution in [0.15, 0.2) is 36.0 Å². The first-order valence-corrected chi connectivity index (χ1v) is 10.9. The van der Waals surface area contributed by atoms with Crippen molar-refractivity contribution in [2.75, 3.05) is 11.9 Å². The van der Waals surface area contributed by atoms with Crippen LogP contribution in [0.4, 0.5) is 5.00 Å². The lowest BCUT2D eigenvalue weighted by Gasteiger charge is -2.09. The van der Waals surface area contributed by atoms with Gasteiger partial charge in [-0.05, 0) is 42.9 Å². The number of carbonyl (C=O) groups excluding carboxylic acids is 3. The van der Waals surface area contributed by atoms with E-state index in [1.165, 1.54) is 24.3 Å². The van der Waals surface area contributed by atoms with E-state index in [0.29, 0.717) is 16.1 Å². The Hall–Kier alpha value is -3.44. The third kappa shape index (κ3) is 6.03. The van der Waals surface area contributed by atoms with Crippen LogP contribution in [-0.4, -0.2) is 24.4 Å². The third-order valence-electron chi connectivity index (χ3n) is 4.76. The molecule has 1 aliphatic carbocycles. The molecule has 1 aromatic carbocycles. The van der Waals surface area contributed by atoms with Crippen molar-refractivity contribution >= 4 is 40.2 Å². The van der Waals surface area contributed by atoms with Gasteiger partial charge < -0.3 is 15.4 Å². The summed E-state index contributed by atoms with van der Waals surface area (Å²) in [5.74, 6) is -1.79. The van der Waals surface area contributed by atoms with Gasteiger partial charge in [0, 0.05) is 11.8 Å². The number of ether oxygens (including phenoxy) is 1. The van der Waals surface area contributed by atoms with E-state index in [-0.39, 0.29) is 5.70 Å². The van der Waals surface area contributed by atoms with Crippen molar-refractivity contribution in [1.82, 2.24) is 5.32 Å². The van der Waals surface area contributed by atoms with Gasteiger partial charge in [-0.25, -0.2) is 4.79 Å². The molecule has 0 saturated heterocycles. The normalized spacial score (nSPS) is 13.4. The third-order valence-corrected chi connectivity index (χ3v) is 5.97. The number of hydrogen-bond donors (Lipinski definition) is 2. The fourth-order valence-corrected chi connectivity index (χ4v) is 4.63. The average molecular weight is 438 g/mol. The van der Waals surface area contributed by atoms with Gasteiger partial charge in [0.15, 0.2) is 6.61 Å². The molecule has 1 aliphatic rings. The van der Waals surface area contributed by atoms with Gasteiger partial charge in [0.25, 0.3) is 5.91 Å². The molecule has 0 unspecified atom stereocenters. The number of anilines is 1. The number of esters is 1. The average Bonchev–Trinajstić information content (AvgIpc) is 2.90. The summed E-state index contributed by atoms with van der Waals surface area (Å²) in [7, 11) is 0. The Morgan fingerprint density at radius 1 is 1.16 bits per heavy atom. The first kappa shape index (κ1) is 22.2. The molecule has 0 aliphatic heterocycles. The van der Waals surface area contributed by atoms with E-state index < -0.39 is 24.4 Å². The Kier molecular flexibility index (Phi) is 7.57. The van der Waals surface area contributed by atoms with E-state index >= 15 is 0 Å². The van der Waals surface area contributed by atoms with Gasteiger partial charge in [0.1, 0.15) is 16.8 Å². The van der Waals surface area contributed by atoms with Crippen LogP contribution in [0.2, 0.25) is 0 Å². The molecule has 7 nitrogen and oxygen atoms in total. The minimum Gasteiger partial charge on any atom is -0.451 e. The summed E-state index contributed by atoms with van der Waals surface area (Å²) >= 11 is 1.42. The molecule has 31 heavy (non-hydrogen) atoms. The maximum absolute atomic E-state index is 12.4. The van der Waals surface area contributed by atoms with E-state index in [2.05, 4.69) is 16.7 Å². The largest absolute Gasteiger partial charge is 0.451 e. The fourth-order valence-electron chi connectivity index (χ4n) is 3.37. The van der Waals surface area contributed by atoms with Crippen LogP contribution in [-0.2, 0) is 32.0 Å². The molecule has 2 N–H and O–H groups in total. The highest BCUT2D eigenvalue weighted by molar-refractivity contribution is 7.16. The SMILES string of the molecule is CC(=O)NC(=Cc1ccccc1)C(=O)OCC(=O)Nc1sc2c(c1C#N)CCCCC2. The Bertz CT molecular complexity index is 1050. The number of amides is 2. The molecule has 0 radical (unpaired) electrons. The molecular weight excluding hydrogens is 414 g/mol. The van der Waals surface area contributed by atoms with Crippen molar-refractivity contribution in [1.29, 1.82) is 5.26 Å². The van der Waals surface area contributed by atoms with E-state index in [1.54, 1.807) is 24.3 Å². The predicted molar refractivity (Wildman–Crippen MR) is 118 cm³/mol. The number of thiophene rings is 1. The van der Waals surface area contributed by atoms with Crippen molar-refractivity contribution in [2.45, 2.75) is 39.0 Å². The van der Waals surface area contributed by atoms with Gasteiger partial charge in [-0.15, -0.1) is 11.3 Å². The lowest BCUT2D eigenvalue weighted by molar-refractivity contribution is -0.144. The van der Waals surface area contributed by atoms with Crippen LogP contribution in [0.3, 0.4) is 0 Å². The van der Waals surface area contributed by atoms with E-state index in [4.69, 9.17) is 4.74 Å². The Balaban J connectivity index is 1.66. The number of nitrogens with zero attached hydrogens (tertiary/aromatic N) is 1. The van der Waals surface area contributed by atoms with Gasteiger partial charge in [0.2, 0.25) is 5.91 Å². The molecular formula is C23H23N3O4S. The summed E-state index contributed by atoms with van der Waals surface area (Å²) in [6.07, 6.45) is 6.46. The molecule has 3 rings (SSSR count). The molecule has 0 saturated carbocycles. The topological polar surface area (TPSA) is 108 Å². The Morgan fingerprint density at radius 3 is 2.61 bits per heavy atom. The minimum absolute atomic E-state index is 0.0629. The maximum Gasteiger partial charge on any atom is 0.355 e. The first-order valence-electron chi connectivity index (χ1n) is 10.0. The van der Waals surface area contributed by atoms with Gasteiger partial charge in [-0.3, -0.25) is 9.59 Å². The Labute approximate surface area is 184 Å². The molecule has 2 aromatic rings. The molecule has 0 fully saturated rings. The molecule has 2 amide bonds. The van der Waals surface area contributed by atoms with Crippen LogP contribution in [0.5, 0.6) is 0 Å². The summed E-state index contributed by atoms with van der Waals surface area (Å²) in [4.78, 5) is 37.4. The van der Waals surface area contributed by atoms with Crippen molar-refractivity contribution < 1.29 is 19.1 Å². The lowest BCUT2D eigenvalue weighted by atomic mass is 10.1. The zero-order valence-electron chi connectivity index (χ0n) is 17.2. The van der Waals surface area contributed by atoms with E-state index in [1.807, 2.05) is 6.07 Å². The second kappa shape index (κ2) is 10.5. The number of benzene rings is 1. The fraction of sp³-hybridized carbons (Fsp3) is 0.304.